The average Bonchev–Trinajstić information content (AvgIpc) is 2.98. The molecule has 3 unspecified atom stereocenters. The Labute approximate surface area is 101 Å². The number of fused-ring (bicyclic) bond motifs is 1. The topological polar surface area (TPSA) is 12.0 Å². The van der Waals surface area contributed by atoms with Gasteiger partial charge in [0.2, 0.25) is 0 Å². The van der Waals surface area contributed by atoms with E-state index in [-0.39, 0.29) is 0 Å². The highest BCUT2D eigenvalue weighted by Gasteiger charge is 2.53. The molecule has 0 heterocycles. The molecule has 0 radical (unpaired) electrons. The summed E-state index contributed by atoms with van der Waals surface area (Å²) in [4.78, 5) is 0. The van der Waals surface area contributed by atoms with Crippen molar-refractivity contribution < 1.29 is 0 Å². The standard InChI is InChI=1S/C15H27N/c1-4-9-16-14(10-11(2)3)15-12-7-5-6-8-13(12)15/h12-16H,2,4-10H2,1,3H3. The van der Waals surface area contributed by atoms with Crippen LogP contribution in [-0.2, 0) is 0 Å². The van der Waals surface area contributed by atoms with Crippen LogP contribution in [-0.4, -0.2) is 12.6 Å². The van der Waals surface area contributed by atoms with E-state index < -0.39 is 0 Å². The van der Waals surface area contributed by atoms with Gasteiger partial charge in [-0.3, -0.25) is 0 Å². The Morgan fingerprint density at radius 1 is 1.31 bits per heavy atom. The summed E-state index contributed by atoms with van der Waals surface area (Å²) in [7, 11) is 0. The summed E-state index contributed by atoms with van der Waals surface area (Å²) in [6.07, 6.45) is 8.38. The lowest BCUT2D eigenvalue weighted by Crippen LogP contribution is -2.33. The SMILES string of the molecule is C=C(C)CC(NCCC)C1C2CCCCC21. The molecule has 0 amide bonds. The molecule has 2 rings (SSSR count). The van der Waals surface area contributed by atoms with Crippen molar-refractivity contribution in [2.45, 2.75) is 58.4 Å². The highest BCUT2D eigenvalue weighted by Crippen LogP contribution is 2.57. The van der Waals surface area contributed by atoms with Crippen LogP contribution in [0.25, 0.3) is 0 Å². The van der Waals surface area contributed by atoms with Crippen molar-refractivity contribution >= 4 is 0 Å². The second-order valence-electron chi connectivity index (χ2n) is 5.91. The van der Waals surface area contributed by atoms with Crippen LogP contribution in [0.3, 0.4) is 0 Å². The van der Waals surface area contributed by atoms with Gasteiger partial charge in [-0.1, -0.05) is 25.3 Å². The predicted molar refractivity (Wildman–Crippen MR) is 70.5 cm³/mol. The molecule has 92 valence electrons. The van der Waals surface area contributed by atoms with E-state index in [1.807, 2.05) is 0 Å². The summed E-state index contributed by atoms with van der Waals surface area (Å²) in [6, 6.07) is 0.727. The Kier molecular flexibility index (Phi) is 4.07. The average molecular weight is 221 g/mol. The number of rotatable bonds is 6. The lowest BCUT2D eigenvalue weighted by Gasteiger charge is -2.19. The van der Waals surface area contributed by atoms with Crippen LogP contribution in [0.1, 0.15) is 52.4 Å². The van der Waals surface area contributed by atoms with E-state index in [0.29, 0.717) is 0 Å². The van der Waals surface area contributed by atoms with Crippen LogP contribution >= 0.6 is 0 Å². The van der Waals surface area contributed by atoms with Crippen molar-refractivity contribution in [3.8, 4) is 0 Å². The summed E-state index contributed by atoms with van der Waals surface area (Å²) in [5, 5.41) is 3.76. The van der Waals surface area contributed by atoms with Crippen molar-refractivity contribution in [1.29, 1.82) is 0 Å². The summed E-state index contributed by atoms with van der Waals surface area (Å²) in [6.45, 7) is 9.69. The van der Waals surface area contributed by atoms with Gasteiger partial charge >= 0.3 is 0 Å². The predicted octanol–water partition coefficient (Wildman–Crippen LogP) is 3.76. The maximum Gasteiger partial charge on any atom is 0.0138 e. The van der Waals surface area contributed by atoms with Gasteiger partial charge in [0, 0.05) is 6.04 Å². The van der Waals surface area contributed by atoms with Gasteiger partial charge in [0.1, 0.15) is 0 Å². The van der Waals surface area contributed by atoms with Gasteiger partial charge in [-0.25, -0.2) is 0 Å². The molecule has 2 aliphatic carbocycles. The Morgan fingerprint density at radius 3 is 2.44 bits per heavy atom. The van der Waals surface area contributed by atoms with E-state index in [0.717, 1.165) is 23.8 Å². The van der Waals surface area contributed by atoms with Crippen LogP contribution in [0.2, 0.25) is 0 Å². The maximum absolute atomic E-state index is 4.09. The Morgan fingerprint density at radius 2 is 1.94 bits per heavy atom. The van der Waals surface area contributed by atoms with E-state index in [9.17, 15) is 0 Å². The molecule has 2 fully saturated rings. The minimum absolute atomic E-state index is 0.727. The third kappa shape index (κ3) is 2.68. The fraction of sp³-hybridized carbons (Fsp3) is 0.867. The highest BCUT2D eigenvalue weighted by molar-refractivity contribution is 5.08. The lowest BCUT2D eigenvalue weighted by molar-refractivity contribution is 0.427. The second-order valence-corrected chi connectivity index (χ2v) is 5.91. The monoisotopic (exact) mass is 221 g/mol. The molecule has 1 nitrogen and oxygen atoms in total. The molecule has 3 atom stereocenters. The van der Waals surface area contributed by atoms with Gasteiger partial charge in [-0.15, -0.1) is 6.58 Å². The molecule has 0 aliphatic heterocycles. The molecule has 1 heteroatoms. The number of nitrogens with one attached hydrogen (secondary N) is 1. The Balaban J connectivity index is 1.88. The first-order valence-electron chi connectivity index (χ1n) is 7.11. The minimum Gasteiger partial charge on any atom is -0.313 e. The smallest absolute Gasteiger partial charge is 0.0138 e. The van der Waals surface area contributed by atoms with Crippen LogP contribution in [0.5, 0.6) is 0 Å². The molecule has 0 saturated heterocycles. The van der Waals surface area contributed by atoms with Crippen molar-refractivity contribution in [2.75, 3.05) is 6.54 Å². The minimum atomic E-state index is 0.727. The lowest BCUT2D eigenvalue weighted by atomic mass is 10.0. The van der Waals surface area contributed by atoms with Crippen molar-refractivity contribution in [3.05, 3.63) is 12.2 Å². The maximum atomic E-state index is 4.09. The van der Waals surface area contributed by atoms with E-state index >= 15 is 0 Å². The molecule has 1 N–H and O–H groups in total. The quantitative estimate of drug-likeness (QED) is 0.673. The van der Waals surface area contributed by atoms with Crippen LogP contribution in [0, 0.1) is 17.8 Å². The number of hydrogen-bond acceptors (Lipinski definition) is 1. The van der Waals surface area contributed by atoms with Crippen LogP contribution in [0.15, 0.2) is 12.2 Å². The normalized spacial score (nSPS) is 34.2. The number of hydrogen-bond donors (Lipinski definition) is 1. The van der Waals surface area contributed by atoms with Gasteiger partial charge in [0.15, 0.2) is 0 Å². The van der Waals surface area contributed by atoms with Gasteiger partial charge in [0.25, 0.3) is 0 Å². The van der Waals surface area contributed by atoms with Crippen molar-refractivity contribution in [1.82, 2.24) is 5.32 Å². The zero-order valence-electron chi connectivity index (χ0n) is 11.0. The largest absolute Gasteiger partial charge is 0.313 e. The van der Waals surface area contributed by atoms with Gasteiger partial charge < -0.3 is 5.32 Å². The molecule has 0 aromatic carbocycles. The summed E-state index contributed by atoms with van der Waals surface area (Å²) in [5.41, 5.74) is 1.34. The first kappa shape index (κ1) is 12.2. The van der Waals surface area contributed by atoms with E-state index in [1.54, 1.807) is 0 Å². The molecule has 2 saturated carbocycles. The third-order valence-electron chi connectivity index (χ3n) is 4.41. The van der Waals surface area contributed by atoms with Crippen molar-refractivity contribution in [2.24, 2.45) is 17.8 Å². The fourth-order valence-corrected chi connectivity index (χ4v) is 3.69. The molecule has 16 heavy (non-hydrogen) atoms. The summed E-state index contributed by atoms with van der Waals surface area (Å²) >= 11 is 0. The van der Waals surface area contributed by atoms with Crippen LogP contribution in [0.4, 0.5) is 0 Å². The summed E-state index contributed by atoms with van der Waals surface area (Å²) < 4.78 is 0. The molecular formula is C15H27N. The zero-order valence-corrected chi connectivity index (χ0v) is 11.0. The van der Waals surface area contributed by atoms with Crippen LogP contribution < -0.4 is 5.32 Å². The van der Waals surface area contributed by atoms with E-state index in [4.69, 9.17) is 0 Å². The highest BCUT2D eigenvalue weighted by atomic mass is 14.9. The molecular weight excluding hydrogens is 194 g/mol. The Hall–Kier alpha value is -0.300. The first-order chi connectivity index (χ1) is 7.74. The fourth-order valence-electron chi connectivity index (χ4n) is 3.69. The van der Waals surface area contributed by atoms with Gasteiger partial charge in [-0.05, 0) is 56.9 Å². The molecule has 0 aromatic heterocycles. The molecule has 2 aliphatic rings. The van der Waals surface area contributed by atoms with E-state index in [1.165, 1.54) is 50.6 Å². The van der Waals surface area contributed by atoms with E-state index in [2.05, 4.69) is 25.7 Å². The molecule has 0 aromatic rings. The van der Waals surface area contributed by atoms with Gasteiger partial charge in [0.05, 0.1) is 0 Å². The molecule has 0 bridgehead atoms. The second kappa shape index (κ2) is 5.35. The third-order valence-corrected chi connectivity index (χ3v) is 4.41. The Bertz CT molecular complexity index is 234. The molecule has 0 spiro atoms. The first-order valence-corrected chi connectivity index (χ1v) is 7.11. The van der Waals surface area contributed by atoms with Gasteiger partial charge in [-0.2, -0.15) is 0 Å². The van der Waals surface area contributed by atoms with Crippen molar-refractivity contribution in [3.63, 3.8) is 0 Å². The zero-order chi connectivity index (χ0) is 11.5. The summed E-state index contributed by atoms with van der Waals surface area (Å²) in [5.74, 6) is 3.09.